The zero-order valence-electron chi connectivity index (χ0n) is 15.9. The number of nitrogens with two attached hydrogens (primary N) is 2. The average molecular weight is 397 g/mol. The molecule has 0 unspecified atom stereocenters. The summed E-state index contributed by atoms with van der Waals surface area (Å²) in [4.78, 5) is 32.9. The van der Waals surface area contributed by atoms with Crippen molar-refractivity contribution in [3.8, 4) is 0 Å². The summed E-state index contributed by atoms with van der Waals surface area (Å²) in [5.41, 5.74) is 13.2. The number of amides is 1. The van der Waals surface area contributed by atoms with Crippen LogP contribution in [0.25, 0.3) is 11.0 Å². The Kier molecular flexibility index (Phi) is 7.50. The molecule has 1 heterocycles. The summed E-state index contributed by atoms with van der Waals surface area (Å²) in [6.07, 6.45) is 0.252. The third kappa shape index (κ3) is 6.47. The molecular weight excluding hydrogens is 374 g/mol. The van der Waals surface area contributed by atoms with Crippen molar-refractivity contribution in [3.63, 3.8) is 0 Å². The number of nitrogens with one attached hydrogen (secondary N) is 1. The van der Waals surface area contributed by atoms with Gasteiger partial charge in [-0.2, -0.15) is 0 Å². The summed E-state index contributed by atoms with van der Waals surface area (Å²) < 4.78 is 4.99. The predicted octanol–water partition coefficient (Wildman–Crippen LogP) is 1.44. The first-order chi connectivity index (χ1) is 13.8. The lowest BCUT2D eigenvalue weighted by atomic mass is 10.1. The smallest absolute Gasteiger partial charge is 0.336 e. The molecule has 0 saturated heterocycles. The van der Waals surface area contributed by atoms with E-state index in [1.165, 1.54) is 6.07 Å². The van der Waals surface area contributed by atoms with Crippen molar-refractivity contribution in [2.45, 2.75) is 19.4 Å². The molecule has 3 rings (SSSR count). The fourth-order valence-electron chi connectivity index (χ4n) is 2.64. The van der Waals surface area contributed by atoms with E-state index in [9.17, 15) is 14.4 Å². The number of aliphatic carboxylic acids is 1. The van der Waals surface area contributed by atoms with Crippen molar-refractivity contribution >= 4 is 28.5 Å². The van der Waals surface area contributed by atoms with Crippen LogP contribution in [0.3, 0.4) is 0 Å². The van der Waals surface area contributed by atoms with Gasteiger partial charge in [0.05, 0.1) is 6.54 Å². The van der Waals surface area contributed by atoms with Gasteiger partial charge in [0.25, 0.3) is 0 Å². The maximum Gasteiger partial charge on any atom is 0.336 e. The SMILES string of the molecule is Cc1cc(=O)oc2cc(N)ccc12.NCC(=O)N[C@@H](Cc1ccccc1)C(=O)O. The van der Waals surface area contributed by atoms with Crippen LogP contribution in [0.1, 0.15) is 11.1 Å². The topological polar surface area (TPSA) is 149 Å². The number of rotatable bonds is 5. The van der Waals surface area contributed by atoms with Crippen molar-refractivity contribution in [2.24, 2.45) is 5.73 Å². The van der Waals surface area contributed by atoms with Gasteiger partial charge in [0.2, 0.25) is 5.91 Å². The Labute approximate surface area is 167 Å². The molecule has 0 spiro atoms. The van der Waals surface area contributed by atoms with Gasteiger partial charge in [-0.05, 0) is 30.2 Å². The highest BCUT2D eigenvalue weighted by Crippen LogP contribution is 2.18. The lowest BCUT2D eigenvalue weighted by molar-refractivity contribution is -0.141. The Bertz CT molecular complexity index is 1050. The van der Waals surface area contributed by atoms with Crippen LogP contribution >= 0.6 is 0 Å². The Morgan fingerprint density at radius 3 is 2.45 bits per heavy atom. The Hall–Kier alpha value is -3.65. The van der Waals surface area contributed by atoms with Crippen LogP contribution in [0.15, 0.2) is 63.8 Å². The number of fused-ring (bicyclic) bond motifs is 1. The van der Waals surface area contributed by atoms with Gasteiger partial charge >= 0.3 is 11.6 Å². The molecular formula is C21H23N3O5. The summed E-state index contributed by atoms with van der Waals surface area (Å²) in [7, 11) is 0. The van der Waals surface area contributed by atoms with Gasteiger partial charge < -0.3 is 26.3 Å². The molecule has 8 nitrogen and oxygen atoms in total. The predicted molar refractivity (Wildman–Crippen MR) is 110 cm³/mol. The molecule has 1 aromatic heterocycles. The molecule has 29 heavy (non-hydrogen) atoms. The first kappa shape index (κ1) is 21.6. The third-order valence-corrected chi connectivity index (χ3v) is 4.08. The normalized spacial score (nSPS) is 11.2. The van der Waals surface area contributed by atoms with Gasteiger partial charge in [-0.3, -0.25) is 4.79 Å². The Morgan fingerprint density at radius 2 is 1.83 bits per heavy atom. The Morgan fingerprint density at radius 1 is 1.14 bits per heavy atom. The van der Waals surface area contributed by atoms with E-state index in [4.69, 9.17) is 21.0 Å². The van der Waals surface area contributed by atoms with Crippen LogP contribution in [0.5, 0.6) is 0 Å². The van der Waals surface area contributed by atoms with E-state index in [1.807, 2.05) is 43.3 Å². The minimum Gasteiger partial charge on any atom is -0.480 e. The quantitative estimate of drug-likeness (QED) is 0.376. The van der Waals surface area contributed by atoms with Crippen molar-refractivity contribution < 1.29 is 19.1 Å². The maximum absolute atomic E-state index is 11.0. The van der Waals surface area contributed by atoms with Crippen LogP contribution in [-0.4, -0.2) is 29.6 Å². The van der Waals surface area contributed by atoms with Gasteiger partial charge in [0, 0.05) is 29.6 Å². The highest BCUT2D eigenvalue weighted by atomic mass is 16.4. The van der Waals surface area contributed by atoms with Crippen LogP contribution < -0.4 is 22.4 Å². The molecule has 3 aromatic rings. The molecule has 1 atom stereocenters. The summed E-state index contributed by atoms with van der Waals surface area (Å²) >= 11 is 0. The van der Waals surface area contributed by atoms with Crippen LogP contribution in [0.4, 0.5) is 5.69 Å². The minimum atomic E-state index is -1.06. The van der Waals surface area contributed by atoms with Crippen molar-refractivity contribution in [1.29, 1.82) is 0 Å². The van der Waals surface area contributed by atoms with Gasteiger partial charge in [-0.25, -0.2) is 9.59 Å². The standard InChI is InChI=1S/C11H14N2O3.C10H9NO2/c12-7-10(14)13-9(11(15)16)6-8-4-2-1-3-5-8;1-6-4-10(12)13-9-5-7(11)2-3-8(6)9/h1-5,9H,6-7,12H2,(H,13,14)(H,15,16);2-5H,11H2,1H3/t9-;/m0./s1. The molecule has 0 aliphatic heterocycles. The third-order valence-electron chi connectivity index (χ3n) is 4.08. The highest BCUT2D eigenvalue weighted by Gasteiger charge is 2.19. The van der Waals surface area contributed by atoms with Gasteiger partial charge in [0.15, 0.2) is 0 Å². The number of hydrogen-bond acceptors (Lipinski definition) is 6. The molecule has 0 aliphatic carbocycles. The number of carbonyl (C=O) groups is 2. The summed E-state index contributed by atoms with van der Waals surface area (Å²) in [6, 6.07) is 14.9. The van der Waals surface area contributed by atoms with Gasteiger partial charge in [-0.1, -0.05) is 30.3 Å². The van der Waals surface area contributed by atoms with E-state index >= 15 is 0 Å². The monoisotopic (exact) mass is 397 g/mol. The van der Waals surface area contributed by atoms with E-state index in [1.54, 1.807) is 12.1 Å². The van der Waals surface area contributed by atoms with E-state index in [-0.39, 0.29) is 18.6 Å². The fraction of sp³-hybridized carbons (Fsp3) is 0.190. The summed E-state index contributed by atoms with van der Waals surface area (Å²) in [5, 5.41) is 12.2. The zero-order chi connectivity index (χ0) is 21.4. The molecule has 0 aliphatic rings. The Balaban J connectivity index is 0.000000211. The van der Waals surface area contributed by atoms with Crippen molar-refractivity contribution in [1.82, 2.24) is 5.32 Å². The molecule has 6 N–H and O–H groups in total. The van der Waals surface area contributed by atoms with Crippen molar-refractivity contribution in [3.05, 3.63) is 76.1 Å². The van der Waals surface area contributed by atoms with Gasteiger partial charge in [-0.15, -0.1) is 0 Å². The largest absolute Gasteiger partial charge is 0.480 e. The maximum atomic E-state index is 11.0. The van der Waals surface area contributed by atoms with Crippen LogP contribution in [0.2, 0.25) is 0 Å². The average Bonchev–Trinajstić information content (AvgIpc) is 2.68. The molecule has 0 radical (unpaired) electrons. The number of nitrogen functional groups attached to an aromatic ring is 1. The fourth-order valence-corrected chi connectivity index (χ4v) is 2.64. The molecule has 1 amide bonds. The van der Waals surface area contributed by atoms with Gasteiger partial charge in [0.1, 0.15) is 11.6 Å². The number of aryl methyl sites for hydroxylation is 1. The zero-order valence-corrected chi connectivity index (χ0v) is 15.9. The second kappa shape index (κ2) is 10.0. The van der Waals surface area contributed by atoms with E-state index < -0.39 is 17.9 Å². The second-order valence-electron chi connectivity index (χ2n) is 6.36. The first-order valence-electron chi connectivity index (χ1n) is 8.86. The number of hydrogen-bond donors (Lipinski definition) is 4. The summed E-state index contributed by atoms with van der Waals surface area (Å²) in [5.74, 6) is -1.53. The van der Waals surface area contributed by atoms with Crippen LogP contribution in [-0.2, 0) is 16.0 Å². The molecule has 0 fully saturated rings. The second-order valence-corrected chi connectivity index (χ2v) is 6.36. The van der Waals surface area contributed by atoms with E-state index in [0.29, 0.717) is 11.3 Å². The number of benzene rings is 2. The van der Waals surface area contributed by atoms with E-state index in [2.05, 4.69) is 5.32 Å². The molecule has 0 saturated carbocycles. The van der Waals surface area contributed by atoms with E-state index in [0.717, 1.165) is 16.5 Å². The highest BCUT2D eigenvalue weighted by molar-refractivity contribution is 5.84. The minimum absolute atomic E-state index is 0.210. The lowest BCUT2D eigenvalue weighted by Crippen LogP contribution is -2.44. The number of anilines is 1. The molecule has 8 heteroatoms. The number of carbonyl (C=O) groups excluding carboxylic acids is 1. The number of carboxylic acid groups (broad SMARTS) is 1. The van der Waals surface area contributed by atoms with Crippen LogP contribution in [0, 0.1) is 6.92 Å². The summed E-state index contributed by atoms with van der Waals surface area (Å²) in [6.45, 7) is 1.66. The molecule has 152 valence electrons. The first-order valence-corrected chi connectivity index (χ1v) is 8.86. The lowest BCUT2D eigenvalue weighted by Gasteiger charge is -2.13. The number of carboxylic acids is 1. The van der Waals surface area contributed by atoms with Crippen molar-refractivity contribution in [2.75, 3.05) is 12.3 Å². The molecule has 0 bridgehead atoms. The molecule has 2 aromatic carbocycles.